The quantitative estimate of drug-likeness (QED) is 0.777. The number of nitrogens with two attached hydrogens (primary N) is 1. The number of methoxy groups -OCH3 is 2. The minimum atomic E-state index is -0.706. The summed E-state index contributed by atoms with van der Waals surface area (Å²) >= 11 is 0. The topological polar surface area (TPSA) is 91.0 Å². The molecule has 2 amide bonds. The van der Waals surface area contributed by atoms with Gasteiger partial charge < -0.3 is 15.2 Å². The van der Waals surface area contributed by atoms with E-state index in [1.165, 1.54) is 26.4 Å². The van der Waals surface area contributed by atoms with Crippen LogP contribution in [0.25, 0.3) is 0 Å². The normalized spacial score (nSPS) is 9.53. The number of ether oxygens (including phenoxy) is 2. The zero-order valence-corrected chi connectivity index (χ0v) is 9.52. The van der Waals surface area contributed by atoms with E-state index in [9.17, 15) is 9.59 Å². The highest BCUT2D eigenvalue weighted by Crippen LogP contribution is 2.29. The van der Waals surface area contributed by atoms with Crippen molar-refractivity contribution in [1.82, 2.24) is 0 Å². The molecule has 90 valence electrons. The maximum Gasteiger partial charge on any atom is 0.280 e. The van der Waals surface area contributed by atoms with Crippen molar-refractivity contribution < 1.29 is 19.1 Å². The van der Waals surface area contributed by atoms with Crippen molar-refractivity contribution in [3.63, 3.8) is 0 Å². The van der Waals surface area contributed by atoms with Gasteiger partial charge in [0.15, 0.2) is 0 Å². The van der Waals surface area contributed by atoms with Crippen LogP contribution in [0.15, 0.2) is 17.1 Å². The average molecular weight is 236 g/mol. The summed E-state index contributed by atoms with van der Waals surface area (Å²) in [6, 6.07) is 2.68. The molecule has 1 aromatic carbocycles. The second-order valence-corrected chi connectivity index (χ2v) is 3.08. The van der Waals surface area contributed by atoms with Gasteiger partial charge in [0.1, 0.15) is 11.5 Å². The van der Waals surface area contributed by atoms with Gasteiger partial charge in [-0.3, -0.25) is 9.59 Å². The molecular formula is C11H12N2O4. The summed E-state index contributed by atoms with van der Waals surface area (Å²) < 4.78 is 9.98. The molecule has 6 nitrogen and oxygen atoms in total. The summed E-state index contributed by atoms with van der Waals surface area (Å²) in [4.78, 5) is 25.9. The molecule has 0 aliphatic heterocycles. The van der Waals surface area contributed by atoms with Gasteiger partial charge >= 0.3 is 0 Å². The highest BCUT2D eigenvalue weighted by atomic mass is 16.5. The van der Waals surface area contributed by atoms with Crippen molar-refractivity contribution in [1.29, 1.82) is 0 Å². The molecule has 0 unspecified atom stereocenters. The number of primary amides is 1. The Kier molecular flexibility index (Phi) is 3.82. The second kappa shape index (κ2) is 5.11. The molecule has 1 rings (SSSR count). The second-order valence-electron chi connectivity index (χ2n) is 3.08. The van der Waals surface area contributed by atoms with E-state index in [1.807, 2.05) is 0 Å². The van der Waals surface area contributed by atoms with Gasteiger partial charge in [-0.15, -0.1) is 0 Å². The van der Waals surface area contributed by atoms with Crippen molar-refractivity contribution in [3.8, 4) is 11.5 Å². The van der Waals surface area contributed by atoms with Crippen LogP contribution in [0.5, 0.6) is 11.5 Å². The summed E-state index contributed by atoms with van der Waals surface area (Å²) in [6.45, 7) is 3.13. The van der Waals surface area contributed by atoms with E-state index < -0.39 is 11.8 Å². The Bertz CT molecular complexity index is 483. The highest BCUT2D eigenvalue weighted by Gasteiger charge is 2.18. The number of amides is 2. The Morgan fingerprint density at radius 3 is 2.12 bits per heavy atom. The highest BCUT2D eigenvalue weighted by molar-refractivity contribution is 6.04. The van der Waals surface area contributed by atoms with Gasteiger partial charge in [0.25, 0.3) is 11.8 Å². The summed E-state index contributed by atoms with van der Waals surface area (Å²) in [5.41, 5.74) is 5.37. The monoisotopic (exact) mass is 236 g/mol. The molecule has 1 aromatic rings. The molecule has 2 N–H and O–H groups in total. The third kappa shape index (κ3) is 2.41. The first-order valence-electron chi connectivity index (χ1n) is 4.62. The summed E-state index contributed by atoms with van der Waals surface area (Å²) in [7, 11) is 2.77. The van der Waals surface area contributed by atoms with Crippen LogP contribution in [-0.4, -0.2) is 32.8 Å². The smallest absolute Gasteiger partial charge is 0.280 e. The number of carbonyl (C=O) groups excluding carboxylic acids is 2. The average Bonchev–Trinajstić information content (AvgIpc) is 2.35. The van der Waals surface area contributed by atoms with Gasteiger partial charge in [0.05, 0.1) is 25.3 Å². The van der Waals surface area contributed by atoms with Crippen LogP contribution in [0.1, 0.15) is 20.7 Å². The summed E-state index contributed by atoms with van der Waals surface area (Å²) in [6.07, 6.45) is 0. The predicted octanol–water partition coefficient (Wildman–Crippen LogP) is 0.644. The molecule has 0 radical (unpaired) electrons. The fourth-order valence-electron chi connectivity index (χ4n) is 1.34. The van der Waals surface area contributed by atoms with Gasteiger partial charge in [-0.25, -0.2) is 4.99 Å². The SMILES string of the molecule is C=NC(=O)c1cc(C(N)=O)c(OC)cc1OC. The van der Waals surface area contributed by atoms with E-state index in [4.69, 9.17) is 15.2 Å². The maximum atomic E-state index is 11.5. The number of nitrogens with zero attached hydrogens (tertiary/aromatic N) is 1. The molecule has 17 heavy (non-hydrogen) atoms. The molecule has 0 spiro atoms. The van der Waals surface area contributed by atoms with Crippen LogP contribution in [-0.2, 0) is 0 Å². The van der Waals surface area contributed by atoms with E-state index in [0.29, 0.717) is 0 Å². The molecule has 0 fully saturated rings. The Morgan fingerprint density at radius 1 is 1.18 bits per heavy atom. The minimum absolute atomic E-state index is 0.0836. The molecule has 0 aliphatic rings. The van der Waals surface area contributed by atoms with E-state index in [2.05, 4.69) is 11.7 Å². The minimum Gasteiger partial charge on any atom is -0.496 e. The van der Waals surface area contributed by atoms with Gasteiger partial charge in [0, 0.05) is 6.07 Å². The molecule has 0 aromatic heterocycles. The van der Waals surface area contributed by atoms with Crippen molar-refractivity contribution in [2.24, 2.45) is 10.7 Å². The van der Waals surface area contributed by atoms with Crippen LogP contribution < -0.4 is 15.2 Å². The molecule has 0 atom stereocenters. The standard InChI is InChI=1S/C11H12N2O4/c1-13-11(15)7-4-6(10(12)14)8(16-2)5-9(7)17-3/h4-5H,1H2,2-3H3,(H2,12,14). The van der Waals surface area contributed by atoms with Crippen LogP contribution in [0.2, 0.25) is 0 Å². The Hall–Kier alpha value is -2.37. The Morgan fingerprint density at radius 2 is 1.71 bits per heavy atom. The van der Waals surface area contributed by atoms with Gasteiger partial charge in [-0.2, -0.15) is 0 Å². The molecule has 6 heteroatoms. The van der Waals surface area contributed by atoms with E-state index >= 15 is 0 Å². The Labute approximate surface area is 98.0 Å². The van der Waals surface area contributed by atoms with Crippen molar-refractivity contribution in [2.45, 2.75) is 0 Å². The van der Waals surface area contributed by atoms with E-state index in [0.717, 1.165) is 0 Å². The third-order valence-corrected chi connectivity index (χ3v) is 2.16. The van der Waals surface area contributed by atoms with Crippen molar-refractivity contribution >= 4 is 18.5 Å². The maximum absolute atomic E-state index is 11.5. The zero-order chi connectivity index (χ0) is 13.0. The molecule has 0 saturated heterocycles. The summed E-state index contributed by atoms with van der Waals surface area (Å²) in [5, 5.41) is 0. The van der Waals surface area contributed by atoms with Crippen LogP contribution in [0.4, 0.5) is 0 Å². The predicted molar refractivity (Wildman–Crippen MR) is 61.9 cm³/mol. The van der Waals surface area contributed by atoms with E-state index in [1.54, 1.807) is 0 Å². The first-order valence-corrected chi connectivity index (χ1v) is 4.62. The first-order chi connectivity index (χ1) is 8.04. The molecule has 0 bridgehead atoms. The fraction of sp³-hybridized carbons (Fsp3) is 0.182. The lowest BCUT2D eigenvalue weighted by molar-refractivity contribution is 0.0997. The number of carbonyl (C=O) groups is 2. The van der Waals surface area contributed by atoms with Crippen LogP contribution in [0.3, 0.4) is 0 Å². The van der Waals surface area contributed by atoms with Crippen molar-refractivity contribution in [2.75, 3.05) is 14.2 Å². The van der Waals surface area contributed by atoms with Crippen LogP contribution >= 0.6 is 0 Å². The number of benzene rings is 1. The molecular weight excluding hydrogens is 224 g/mol. The van der Waals surface area contributed by atoms with Gasteiger partial charge in [-0.1, -0.05) is 0 Å². The largest absolute Gasteiger partial charge is 0.496 e. The zero-order valence-electron chi connectivity index (χ0n) is 9.52. The molecule has 0 aliphatic carbocycles. The Balaban J connectivity index is 3.49. The fourth-order valence-corrected chi connectivity index (χ4v) is 1.34. The number of hydrogen-bond donors (Lipinski definition) is 1. The lowest BCUT2D eigenvalue weighted by Gasteiger charge is -2.11. The van der Waals surface area contributed by atoms with Crippen LogP contribution in [0, 0.1) is 0 Å². The summed E-state index contributed by atoms with van der Waals surface area (Å²) in [5.74, 6) is -0.839. The molecule has 0 saturated carbocycles. The molecule has 0 heterocycles. The first kappa shape index (κ1) is 12.7. The number of aliphatic imine (C=N–C) groups is 1. The lowest BCUT2D eigenvalue weighted by atomic mass is 10.1. The third-order valence-electron chi connectivity index (χ3n) is 2.16. The van der Waals surface area contributed by atoms with E-state index in [-0.39, 0.29) is 22.6 Å². The number of rotatable bonds is 4. The van der Waals surface area contributed by atoms with Gasteiger partial charge in [0.2, 0.25) is 0 Å². The number of hydrogen-bond acceptors (Lipinski definition) is 4. The van der Waals surface area contributed by atoms with Gasteiger partial charge in [-0.05, 0) is 12.8 Å². The lowest BCUT2D eigenvalue weighted by Crippen LogP contribution is -2.14. The van der Waals surface area contributed by atoms with Crippen molar-refractivity contribution in [3.05, 3.63) is 23.3 Å².